The largest absolute Gasteiger partial charge is 0.395 e. The summed E-state index contributed by atoms with van der Waals surface area (Å²) in [7, 11) is 1.67. The van der Waals surface area contributed by atoms with Gasteiger partial charge in [0.15, 0.2) is 0 Å². The molecule has 0 aliphatic rings. The fraction of sp³-hybridized carbons (Fsp3) is 0.692. The Kier molecular flexibility index (Phi) is 8.04. The number of ether oxygens (including phenoxy) is 1. The van der Waals surface area contributed by atoms with Gasteiger partial charge in [0, 0.05) is 33.3 Å². The Balaban J connectivity index is 2.48. The van der Waals surface area contributed by atoms with E-state index in [0.29, 0.717) is 19.7 Å². The van der Waals surface area contributed by atoms with Gasteiger partial charge in [-0.2, -0.15) is 0 Å². The second-order valence-electron chi connectivity index (χ2n) is 4.31. The number of nitrogens with zero attached hydrogens (tertiary/aromatic N) is 3. The molecule has 0 amide bonds. The predicted molar refractivity (Wildman–Crippen MR) is 75.1 cm³/mol. The van der Waals surface area contributed by atoms with Crippen molar-refractivity contribution in [3.63, 3.8) is 0 Å². The molecule has 2 N–H and O–H groups in total. The smallest absolute Gasteiger partial charge is 0.144 e. The number of aliphatic hydroxyl groups is 1. The minimum absolute atomic E-state index is 0.132. The van der Waals surface area contributed by atoms with Gasteiger partial charge >= 0.3 is 0 Å². The second-order valence-corrected chi connectivity index (χ2v) is 4.31. The molecule has 0 unspecified atom stereocenters. The van der Waals surface area contributed by atoms with E-state index in [9.17, 15) is 0 Å². The van der Waals surface area contributed by atoms with Gasteiger partial charge in [0.2, 0.25) is 0 Å². The third-order valence-corrected chi connectivity index (χ3v) is 2.67. The number of rotatable bonds is 10. The average Bonchev–Trinajstić information content (AvgIpc) is 2.44. The summed E-state index contributed by atoms with van der Waals surface area (Å²) in [6.07, 6.45) is 4.58. The number of anilines is 1. The van der Waals surface area contributed by atoms with Crippen LogP contribution in [-0.2, 0) is 11.3 Å². The summed E-state index contributed by atoms with van der Waals surface area (Å²) in [6.45, 7) is 5.84. The Morgan fingerprint density at radius 2 is 2.16 bits per heavy atom. The first-order valence-electron chi connectivity index (χ1n) is 6.67. The first-order valence-corrected chi connectivity index (χ1v) is 6.67. The minimum Gasteiger partial charge on any atom is -0.395 e. The molecule has 1 aromatic rings. The van der Waals surface area contributed by atoms with Crippen molar-refractivity contribution >= 4 is 5.82 Å². The van der Waals surface area contributed by atoms with E-state index in [2.05, 4.69) is 27.1 Å². The summed E-state index contributed by atoms with van der Waals surface area (Å²) in [5.74, 6) is 0.802. The summed E-state index contributed by atoms with van der Waals surface area (Å²) >= 11 is 0. The van der Waals surface area contributed by atoms with Crippen LogP contribution in [-0.4, -0.2) is 59.9 Å². The van der Waals surface area contributed by atoms with Gasteiger partial charge in [-0.3, -0.25) is 9.88 Å². The van der Waals surface area contributed by atoms with Crippen LogP contribution in [0.5, 0.6) is 0 Å². The zero-order valence-electron chi connectivity index (χ0n) is 11.8. The van der Waals surface area contributed by atoms with Gasteiger partial charge in [-0.05, 0) is 6.42 Å². The summed E-state index contributed by atoms with van der Waals surface area (Å²) in [6, 6.07) is 0. The zero-order chi connectivity index (χ0) is 13.9. The quantitative estimate of drug-likeness (QED) is 0.652. The van der Waals surface area contributed by atoms with Gasteiger partial charge in [0.05, 0.1) is 31.3 Å². The molecule has 1 aromatic heterocycles. The molecule has 0 aliphatic carbocycles. The van der Waals surface area contributed by atoms with Crippen LogP contribution in [0, 0.1) is 0 Å². The van der Waals surface area contributed by atoms with Crippen molar-refractivity contribution in [3.05, 3.63) is 18.1 Å². The number of hydrogen-bond acceptors (Lipinski definition) is 6. The molecule has 6 nitrogen and oxygen atoms in total. The summed E-state index contributed by atoms with van der Waals surface area (Å²) in [4.78, 5) is 10.8. The van der Waals surface area contributed by atoms with Crippen LogP contribution in [0.2, 0.25) is 0 Å². The Hall–Kier alpha value is -1.24. The number of aromatic nitrogens is 2. The van der Waals surface area contributed by atoms with Crippen molar-refractivity contribution in [1.29, 1.82) is 0 Å². The molecule has 6 heteroatoms. The van der Waals surface area contributed by atoms with Crippen LogP contribution < -0.4 is 5.32 Å². The Morgan fingerprint density at radius 3 is 2.74 bits per heavy atom. The second kappa shape index (κ2) is 9.66. The van der Waals surface area contributed by atoms with Crippen LogP contribution in [0.1, 0.15) is 19.0 Å². The van der Waals surface area contributed by atoms with Gasteiger partial charge in [0.25, 0.3) is 0 Å². The third-order valence-electron chi connectivity index (χ3n) is 2.67. The van der Waals surface area contributed by atoms with Crippen LogP contribution in [0.3, 0.4) is 0 Å². The number of aliphatic hydroxyl groups excluding tert-OH is 1. The molecule has 0 aromatic carbocycles. The van der Waals surface area contributed by atoms with Crippen molar-refractivity contribution in [2.24, 2.45) is 0 Å². The molecule has 108 valence electrons. The molecule has 0 spiro atoms. The number of hydrogen-bond donors (Lipinski definition) is 2. The number of nitrogens with one attached hydrogen (secondary N) is 1. The van der Waals surface area contributed by atoms with Crippen molar-refractivity contribution in [2.75, 3.05) is 45.3 Å². The Bertz CT molecular complexity index is 332. The summed E-state index contributed by atoms with van der Waals surface area (Å²) in [5, 5.41) is 12.2. The van der Waals surface area contributed by atoms with Gasteiger partial charge in [-0.1, -0.05) is 6.92 Å². The van der Waals surface area contributed by atoms with E-state index < -0.39 is 0 Å². The molecule has 1 rings (SSSR count). The van der Waals surface area contributed by atoms with E-state index in [0.717, 1.165) is 31.0 Å². The van der Waals surface area contributed by atoms with Gasteiger partial charge in [0.1, 0.15) is 5.82 Å². The summed E-state index contributed by atoms with van der Waals surface area (Å²) < 4.78 is 5.05. The van der Waals surface area contributed by atoms with Gasteiger partial charge in [-0.25, -0.2) is 4.98 Å². The van der Waals surface area contributed by atoms with E-state index in [-0.39, 0.29) is 6.61 Å². The van der Waals surface area contributed by atoms with Gasteiger partial charge < -0.3 is 15.2 Å². The maximum absolute atomic E-state index is 9.03. The maximum atomic E-state index is 9.03. The predicted octanol–water partition coefficient (Wildman–Crippen LogP) is 0.739. The Labute approximate surface area is 114 Å². The Morgan fingerprint density at radius 1 is 1.32 bits per heavy atom. The van der Waals surface area contributed by atoms with Gasteiger partial charge in [-0.15, -0.1) is 0 Å². The fourth-order valence-electron chi connectivity index (χ4n) is 1.64. The third kappa shape index (κ3) is 6.47. The molecule has 0 saturated carbocycles. The van der Waals surface area contributed by atoms with Crippen LogP contribution >= 0.6 is 0 Å². The van der Waals surface area contributed by atoms with Crippen LogP contribution in [0.25, 0.3) is 0 Å². The van der Waals surface area contributed by atoms with E-state index in [4.69, 9.17) is 9.84 Å². The lowest BCUT2D eigenvalue weighted by molar-refractivity contribution is 0.126. The molecular formula is C13H24N4O2. The lowest BCUT2D eigenvalue weighted by Gasteiger charge is -2.20. The van der Waals surface area contributed by atoms with Crippen molar-refractivity contribution < 1.29 is 9.84 Å². The van der Waals surface area contributed by atoms with Crippen LogP contribution in [0.4, 0.5) is 5.82 Å². The standard InChI is InChI=1S/C13H24N4O2/c1-3-4-14-13-10-15-12(9-16-13)11-17(5-7-18)6-8-19-2/h9-10,18H,3-8,11H2,1-2H3,(H,14,16). The van der Waals surface area contributed by atoms with E-state index in [1.54, 1.807) is 19.5 Å². The molecule has 1 heterocycles. The molecule has 0 bridgehead atoms. The first-order chi connectivity index (χ1) is 9.30. The van der Waals surface area contributed by atoms with Crippen molar-refractivity contribution in [3.8, 4) is 0 Å². The van der Waals surface area contributed by atoms with E-state index in [1.807, 2.05) is 0 Å². The molecule has 0 atom stereocenters. The fourth-order valence-corrected chi connectivity index (χ4v) is 1.64. The van der Waals surface area contributed by atoms with E-state index in [1.165, 1.54) is 0 Å². The molecular weight excluding hydrogens is 244 g/mol. The first kappa shape index (κ1) is 15.8. The topological polar surface area (TPSA) is 70.5 Å². The lowest BCUT2D eigenvalue weighted by atomic mass is 10.3. The minimum atomic E-state index is 0.132. The molecule has 0 aliphatic heterocycles. The summed E-state index contributed by atoms with van der Waals surface area (Å²) in [5.41, 5.74) is 0.895. The molecule has 19 heavy (non-hydrogen) atoms. The highest BCUT2D eigenvalue weighted by Gasteiger charge is 2.06. The molecule has 0 fully saturated rings. The molecule has 0 radical (unpaired) electrons. The van der Waals surface area contributed by atoms with E-state index >= 15 is 0 Å². The highest BCUT2D eigenvalue weighted by atomic mass is 16.5. The molecule has 0 saturated heterocycles. The van der Waals surface area contributed by atoms with Crippen LogP contribution in [0.15, 0.2) is 12.4 Å². The van der Waals surface area contributed by atoms with Crippen molar-refractivity contribution in [1.82, 2.24) is 14.9 Å². The van der Waals surface area contributed by atoms with Crippen molar-refractivity contribution in [2.45, 2.75) is 19.9 Å². The highest BCUT2D eigenvalue weighted by Crippen LogP contribution is 2.04. The maximum Gasteiger partial charge on any atom is 0.144 e. The SMILES string of the molecule is CCCNc1cnc(CN(CCO)CCOC)cn1. The highest BCUT2D eigenvalue weighted by molar-refractivity contribution is 5.30. The average molecular weight is 268 g/mol. The monoisotopic (exact) mass is 268 g/mol. The zero-order valence-corrected chi connectivity index (χ0v) is 11.8. The normalized spacial score (nSPS) is 10.9. The number of methoxy groups -OCH3 is 1. The lowest BCUT2D eigenvalue weighted by Crippen LogP contribution is -2.30.